The van der Waals surface area contributed by atoms with Crippen molar-refractivity contribution in [2.75, 3.05) is 0 Å². The normalized spacial score (nSPS) is 12.9. The lowest BCUT2D eigenvalue weighted by atomic mass is 10.1. The lowest BCUT2D eigenvalue weighted by molar-refractivity contribution is 0.143. The second kappa shape index (κ2) is 4.76. The van der Waals surface area contributed by atoms with Crippen LogP contribution in [0.3, 0.4) is 0 Å². The minimum absolute atomic E-state index is 0.542. The number of fused-ring (bicyclic) bond motifs is 1. The molecule has 1 atom stereocenters. The number of allylic oxidation sites excluding steroid dienone is 1. The Morgan fingerprint density at radius 1 is 1.41 bits per heavy atom. The van der Waals surface area contributed by atoms with Gasteiger partial charge < -0.3 is 9.52 Å². The molecule has 1 unspecified atom stereocenters. The molecule has 2 aromatic rings. The summed E-state index contributed by atoms with van der Waals surface area (Å²) in [4.78, 5) is 0. The lowest BCUT2D eigenvalue weighted by Gasteiger charge is -2.06. The van der Waals surface area contributed by atoms with E-state index in [2.05, 4.69) is 12.6 Å². The van der Waals surface area contributed by atoms with Gasteiger partial charge in [-0.2, -0.15) is 0 Å². The molecule has 0 aliphatic carbocycles. The summed E-state index contributed by atoms with van der Waals surface area (Å²) >= 11 is 0. The summed E-state index contributed by atoms with van der Waals surface area (Å²) in [6.45, 7) is 7.85. The van der Waals surface area contributed by atoms with Crippen molar-refractivity contribution >= 4 is 11.0 Å². The van der Waals surface area contributed by atoms with E-state index in [1.807, 2.05) is 32.0 Å². The topological polar surface area (TPSA) is 33.4 Å². The Labute approximate surface area is 102 Å². The van der Waals surface area contributed by atoms with Gasteiger partial charge in [-0.25, -0.2) is 0 Å². The summed E-state index contributed by atoms with van der Waals surface area (Å²) in [6.07, 6.45) is 0.935. The third-order valence-electron chi connectivity index (χ3n) is 2.86. The average molecular weight is 230 g/mol. The number of benzene rings is 1. The number of aliphatic hydroxyl groups excluding tert-OH is 1. The van der Waals surface area contributed by atoms with E-state index in [9.17, 15) is 5.11 Å². The molecule has 0 saturated carbocycles. The van der Waals surface area contributed by atoms with Gasteiger partial charge in [0.15, 0.2) is 0 Å². The molecule has 1 heterocycles. The first-order chi connectivity index (χ1) is 8.06. The maximum Gasteiger partial charge on any atom is 0.134 e. The van der Waals surface area contributed by atoms with Crippen molar-refractivity contribution in [1.82, 2.24) is 0 Å². The molecule has 1 aromatic carbocycles. The standard InChI is InChI=1S/C15H18O2/c1-10(2)4-6-13(16)15-9-12-8-11(3)5-7-14(12)17-15/h5,7-9,13,16H,1,4,6H2,2-3H3. The Hall–Kier alpha value is -1.54. The van der Waals surface area contributed by atoms with Crippen LogP contribution in [0.2, 0.25) is 0 Å². The third kappa shape index (κ3) is 2.77. The van der Waals surface area contributed by atoms with E-state index in [0.29, 0.717) is 12.2 Å². The van der Waals surface area contributed by atoms with E-state index >= 15 is 0 Å². The fraction of sp³-hybridized carbons (Fsp3) is 0.333. The minimum atomic E-state index is -0.542. The van der Waals surface area contributed by atoms with Crippen LogP contribution < -0.4 is 0 Å². The van der Waals surface area contributed by atoms with Crippen molar-refractivity contribution < 1.29 is 9.52 Å². The largest absolute Gasteiger partial charge is 0.458 e. The molecule has 17 heavy (non-hydrogen) atoms. The van der Waals surface area contributed by atoms with Crippen LogP contribution >= 0.6 is 0 Å². The van der Waals surface area contributed by atoms with E-state index < -0.39 is 6.10 Å². The number of aryl methyl sites for hydroxylation is 1. The number of furan rings is 1. The lowest BCUT2D eigenvalue weighted by Crippen LogP contribution is -1.95. The molecule has 1 N–H and O–H groups in total. The summed E-state index contributed by atoms with van der Waals surface area (Å²) < 4.78 is 5.64. The van der Waals surface area contributed by atoms with Crippen molar-refractivity contribution in [3.05, 3.63) is 47.7 Å². The highest BCUT2D eigenvalue weighted by molar-refractivity contribution is 5.78. The Morgan fingerprint density at radius 3 is 2.88 bits per heavy atom. The van der Waals surface area contributed by atoms with Gasteiger partial charge in [0.05, 0.1) is 0 Å². The Kier molecular flexibility index (Phi) is 3.34. The number of hydrogen-bond donors (Lipinski definition) is 1. The quantitative estimate of drug-likeness (QED) is 0.801. The molecule has 0 aliphatic heterocycles. The molecule has 1 aromatic heterocycles. The molecule has 0 saturated heterocycles. The Balaban J connectivity index is 2.21. The highest BCUT2D eigenvalue weighted by atomic mass is 16.4. The van der Waals surface area contributed by atoms with Crippen molar-refractivity contribution in [2.45, 2.75) is 32.8 Å². The van der Waals surface area contributed by atoms with Gasteiger partial charge in [0.1, 0.15) is 17.4 Å². The van der Waals surface area contributed by atoms with E-state index in [1.54, 1.807) is 0 Å². The monoisotopic (exact) mass is 230 g/mol. The average Bonchev–Trinajstić information content (AvgIpc) is 2.68. The highest BCUT2D eigenvalue weighted by Crippen LogP contribution is 2.27. The molecule has 0 aliphatic rings. The fourth-order valence-corrected chi connectivity index (χ4v) is 1.87. The van der Waals surface area contributed by atoms with E-state index in [4.69, 9.17) is 4.42 Å². The maximum atomic E-state index is 10.0. The number of hydrogen-bond acceptors (Lipinski definition) is 2. The van der Waals surface area contributed by atoms with Gasteiger partial charge in [-0.3, -0.25) is 0 Å². The molecule has 0 amide bonds. The smallest absolute Gasteiger partial charge is 0.134 e. The molecule has 0 spiro atoms. The highest BCUT2D eigenvalue weighted by Gasteiger charge is 2.13. The molecule has 2 rings (SSSR count). The molecular weight excluding hydrogens is 212 g/mol. The summed E-state index contributed by atoms with van der Waals surface area (Å²) in [5.41, 5.74) is 3.11. The second-order valence-electron chi connectivity index (χ2n) is 4.70. The van der Waals surface area contributed by atoms with Gasteiger partial charge in [0, 0.05) is 5.39 Å². The molecule has 0 fully saturated rings. The first kappa shape index (κ1) is 11.9. The first-order valence-electron chi connectivity index (χ1n) is 5.89. The van der Waals surface area contributed by atoms with Gasteiger partial charge in [-0.05, 0) is 44.9 Å². The molecule has 2 heteroatoms. The first-order valence-corrected chi connectivity index (χ1v) is 5.89. The fourth-order valence-electron chi connectivity index (χ4n) is 1.87. The van der Waals surface area contributed by atoms with Gasteiger partial charge in [0.25, 0.3) is 0 Å². The summed E-state index contributed by atoms with van der Waals surface area (Å²) in [6, 6.07) is 7.94. The second-order valence-corrected chi connectivity index (χ2v) is 4.70. The maximum absolute atomic E-state index is 10.0. The Bertz CT molecular complexity index is 537. The van der Waals surface area contributed by atoms with Crippen LogP contribution in [0, 0.1) is 6.92 Å². The van der Waals surface area contributed by atoms with Crippen LogP contribution in [0.4, 0.5) is 0 Å². The molecule has 0 radical (unpaired) electrons. The van der Waals surface area contributed by atoms with Gasteiger partial charge >= 0.3 is 0 Å². The van der Waals surface area contributed by atoms with Crippen molar-refractivity contribution in [1.29, 1.82) is 0 Å². The number of aliphatic hydroxyl groups is 1. The van der Waals surface area contributed by atoms with Crippen LogP contribution in [-0.2, 0) is 0 Å². The zero-order chi connectivity index (χ0) is 12.4. The zero-order valence-corrected chi connectivity index (χ0v) is 10.4. The van der Waals surface area contributed by atoms with Crippen LogP contribution in [0.5, 0.6) is 0 Å². The Morgan fingerprint density at radius 2 is 2.18 bits per heavy atom. The zero-order valence-electron chi connectivity index (χ0n) is 10.4. The minimum Gasteiger partial charge on any atom is -0.458 e. The molecule has 2 nitrogen and oxygen atoms in total. The summed E-state index contributed by atoms with van der Waals surface area (Å²) in [5, 5.41) is 11.1. The summed E-state index contributed by atoms with van der Waals surface area (Å²) in [5.74, 6) is 0.645. The van der Waals surface area contributed by atoms with E-state index in [0.717, 1.165) is 23.0 Å². The predicted molar refractivity (Wildman–Crippen MR) is 70.0 cm³/mol. The third-order valence-corrected chi connectivity index (χ3v) is 2.86. The van der Waals surface area contributed by atoms with Crippen LogP contribution in [-0.4, -0.2) is 5.11 Å². The van der Waals surface area contributed by atoms with Gasteiger partial charge in [-0.1, -0.05) is 17.2 Å². The predicted octanol–water partition coefficient (Wildman–Crippen LogP) is 4.13. The summed E-state index contributed by atoms with van der Waals surface area (Å²) in [7, 11) is 0. The SMILES string of the molecule is C=C(C)CCC(O)c1cc2cc(C)ccc2o1. The van der Waals surface area contributed by atoms with Crippen molar-refractivity contribution in [3.63, 3.8) is 0 Å². The van der Waals surface area contributed by atoms with E-state index in [-0.39, 0.29) is 0 Å². The molecular formula is C15H18O2. The van der Waals surface area contributed by atoms with Crippen LogP contribution in [0.25, 0.3) is 11.0 Å². The van der Waals surface area contributed by atoms with E-state index in [1.165, 1.54) is 5.56 Å². The van der Waals surface area contributed by atoms with Gasteiger partial charge in [0.2, 0.25) is 0 Å². The van der Waals surface area contributed by atoms with Crippen LogP contribution in [0.1, 0.15) is 37.2 Å². The van der Waals surface area contributed by atoms with Crippen molar-refractivity contribution in [3.8, 4) is 0 Å². The van der Waals surface area contributed by atoms with Crippen LogP contribution in [0.15, 0.2) is 40.8 Å². The molecule has 90 valence electrons. The van der Waals surface area contributed by atoms with Gasteiger partial charge in [-0.15, -0.1) is 6.58 Å². The van der Waals surface area contributed by atoms with Crippen molar-refractivity contribution in [2.24, 2.45) is 0 Å². The number of rotatable bonds is 4. The molecule has 0 bridgehead atoms.